The van der Waals surface area contributed by atoms with Crippen LogP contribution in [0.2, 0.25) is 0 Å². The molecule has 204 valence electrons. The number of thiophene rings is 1. The molecular weight excluding hydrogens is 555 g/mol. The third-order valence-corrected chi connectivity index (χ3v) is 10.1. The molecule has 3 nitrogen and oxygen atoms in total. The molecule has 0 spiro atoms. The van der Waals surface area contributed by atoms with Gasteiger partial charge in [-0.3, -0.25) is 4.57 Å². The number of para-hydroxylation sites is 1. The Morgan fingerprint density at radius 3 is 2.05 bits per heavy atom. The molecule has 0 saturated carbocycles. The summed E-state index contributed by atoms with van der Waals surface area (Å²) in [5.74, 6) is 0.574. The standard InChI is InChI=1S/C40H23N3S/c1-2-13-25(14-3-1)37-29-18-8-10-20-31(29)41-40(42-37)43-32-23-22-24-12-4-5-15-26(24)35(32)36-28-17-7-6-16-27(28)34-30-19-9-11-21-33(30)44-39(34)38(36)43/h1-23H/i23D. The van der Waals surface area contributed by atoms with Crippen molar-refractivity contribution >= 4 is 85.8 Å². The van der Waals surface area contributed by atoms with E-state index in [9.17, 15) is 1.37 Å². The highest BCUT2D eigenvalue weighted by atomic mass is 32.1. The van der Waals surface area contributed by atoms with Gasteiger partial charge in [0, 0.05) is 37.2 Å². The fourth-order valence-electron chi connectivity index (χ4n) is 7.02. The van der Waals surface area contributed by atoms with E-state index >= 15 is 0 Å². The van der Waals surface area contributed by atoms with Crippen LogP contribution in [0, 0.1) is 0 Å². The fourth-order valence-corrected chi connectivity index (χ4v) is 8.28. The molecule has 0 aliphatic carbocycles. The largest absolute Gasteiger partial charge is 0.276 e. The second-order valence-electron chi connectivity index (χ2n) is 11.3. The van der Waals surface area contributed by atoms with Gasteiger partial charge in [-0.25, -0.2) is 9.97 Å². The second kappa shape index (κ2) is 8.96. The number of aromatic nitrogens is 3. The molecule has 0 bridgehead atoms. The van der Waals surface area contributed by atoms with E-state index in [1.54, 1.807) is 0 Å². The minimum atomic E-state index is 0.455. The van der Waals surface area contributed by atoms with E-state index < -0.39 is 0 Å². The Kier molecular flexibility index (Phi) is 4.67. The Labute approximate surface area is 257 Å². The van der Waals surface area contributed by atoms with E-state index in [0.29, 0.717) is 12.0 Å². The molecule has 0 N–H and O–H groups in total. The van der Waals surface area contributed by atoms with Crippen molar-refractivity contribution in [3.63, 3.8) is 0 Å². The first-order valence-electron chi connectivity index (χ1n) is 15.3. The van der Waals surface area contributed by atoms with Gasteiger partial charge in [0.2, 0.25) is 5.95 Å². The number of benzene rings is 7. The highest BCUT2D eigenvalue weighted by Crippen LogP contribution is 2.49. The van der Waals surface area contributed by atoms with Crippen molar-refractivity contribution in [1.29, 1.82) is 0 Å². The van der Waals surface area contributed by atoms with Gasteiger partial charge in [-0.2, -0.15) is 0 Å². The lowest BCUT2D eigenvalue weighted by atomic mass is 9.97. The van der Waals surface area contributed by atoms with Crippen molar-refractivity contribution in [2.45, 2.75) is 0 Å². The van der Waals surface area contributed by atoms with Crippen molar-refractivity contribution in [2.75, 3.05) is 0 Å². The number of nitrogens with zero attached hydrogens (tertiary/aromatic N) is 3. The number of hydrogen-bond donors (Lipinski definition) is 0. The van der Waals surface area contributed by atoms with E-state index in [2.05, 4.69) is 95.6 Å². The summed E-state index contributed by atoms with van der Waals surface area (Å²) in [5, 5.41) is 10.3. The van der Waals surface area contributed by atoms with Crippen molar-refractivity contribution in [3.8, 4) is 17.2 Å². The molecule has 0 amide bonds. The van der Waals surface area contributed by atoms with Gasteiger partial charge in [0.05, 0.1) is 28.3 Å². The lowest BCUT2D eigenvalue weighted by molar-refractivity contribution is 1.02. The van der Waals surface area contributed by atoms with Crippen LogP contribution in [0.1, 0.15) is 1.37 Å². The summed E-state index contributed by atoms with van der Waals surface area (Å²) in [6.45, 7) is 0. The minimum absolute atomic E-state index is 0.455. The maximum atomic E-state index is 9.50. The van der Waals surface area contributed by atoms with Gasteiger partial charge in [-0.05, 0) is 39.7 Å². The Bertz CT molecular complexity index is 2830. The average molecular weight is 579 g/mol. The van der Waals surface area contributed by atoms with Crippen molar-refractivity contribution in [1.82, 2.24) is 14.5 Å². The molecule has 7 aromatic carbocycles. The van der Waals surface area contributed by atoms with E-state index in [-0.39, 0.29) is 0 Å². The average Bonchev–Trinajstić information content (AvgIpc) is 3.66. The van der Waals surface area contributed by atoms with Gasteiger partial charge in [0.25, 0.3) is 0 Å². The summed E-state index contributed by atoms with van der Waals surface area (Å²) in [5.41, 5.74) is 4.67. The number of fused-ring (bicyclic) bond motifs is 13. The first-order chi connectivity index (χ1) is 22.3. The highest BCUT2D eigenvalue weighted by molar-refractivity contribution is 7.27. The van der Waals surface area contributed by atoms with Crippen molar-refractivity contribution < 1.29 is 1.37 Å². The van der Waals surface area contributed by atoms with Crippen LogP contribution in [0.25, 0.3) is 91.6 Å². The van der Waals surface area contributed by atoms with Crippen LogP contribution >= 0.6 is 11.3 Å². The molecule has 4 heteroatoms. The van der Waals surface area contributed by atoms with Crippen LogP contribution in [-0.4, -0.2) is 14.5 Å². The maximum absolute atomic E-state index is 9.50. The summed E-state index contributed by atoms with van der Waals surface area (Å²) >= 11 is 1.81. The SMILES string of the molecule is [2H]c1cc2ccccc2c2c3c4ccccc4c4c5ccccc5sc4c3n(-c3nc(-c4ccccc4)c4ccccc4n3)c12. The van der Waals surface area contributed by atoms with Gasteiger partial charge in [-0.15, -0.1) is 11.3 Å². The van der Waals surface area contributed by atoms with Gasteiger partial charge < -0.3 is 0 Å². The maximum Gasteiger partial charge on any atom is 0.235 e. The Morgan fingerprint density at radius 1 is 0.545 bits per heavy atom. The van der Waals surface area contributed by atoms with Crippen LogP contribution in [0.4, 0.5) is 0 Å². The fraction of sp³-hybridized carbons (Fsp3) is 0. The molecular formula is C40H23N3S. The summed E-state index contributed by atoms with van der Waals surface area (Å²) < 4.78 is 14.1. The van der Waals surface area contributed by atoms with Crippen LogP contribution < -0.4 is 0 Å². The number of rotatable bonds is 2. The zero-order valence-electron chi connectivity index (χ0n) is 24.5. The molecule has 10 aromatic rings. The molecule has 0 radical (unpaired) electrons. The third-order valence-electron chi connectivity index (χ3n) is 8.88. The van der Waals surface area contributed by atoms with Gasteiger partial charge in [0.1, 0.15) is 0 Å². The molecule has 3 aromatic heterocycles. The predicted octanol–water partition coefficient (Wildman–Crippen LogP) is 11.1. The molecule has 3 heterocycles. The Balaban J connectivity index is 1.52. The third kappa shape index (κ3) is 3.20. The van der Waals surface area contributed by atoms with Crippen LogP contribution in [-0.2, 0) is 0 Å². The quantitative estimate of drug-likeness (QED) is 0.204. The zero-order chi connectivity index (χ0) is 29.6. The molecule has 0 atom stereocenters. The summed E-state index contributed by atoms with van der Waals surface area (Å²) in [6, 6.07) is 46.8. The topological polar surface area (TPSA) is 30.7 Å². The second-order valence-corrected chi connectivity index (χ2v) is 12.3. The monoisotopic (exact) mass is 578 g/mol. The molecule has 0 aliphatic heterocycles. The molecule has 44 heavy (non-hydrogen) atoms. The van der Waals surface area contributed by atoms with E-state index in [4.69, 9.17) is 9.97 Å². The first kappa shape index (κ1) is 22.9. The van der Waals surface area contributed by atoms with E-state index in [0.717, 1.165) is 54.7 Å². The van der Waals surface area contributed by atoms with E-state index in [1.165, 1.54) is 30.9 Å². The zero-order valence-corrected chi connectivity index (χ0v) is 24.3. The molecule has 0 aliphatic rings. The molecule has 0 unspecified atom stereocenters. The van der Waals surface area contributed by atoms with E-state index in [1.807, 2.05) is 53.8 Å². The van der Waals surface area contributed by atoms with Crippen LogP contribution in [0.15, 0.2) is 140 Å². The number of hydrogen-bond acceptors (Lipinski definition) is 3. The molecule has 0 fully saturated rings. The smallest absolute Gasteiger partial charge is 0.235 e. The van der Waals surface area contributed by atoms with Crippen LogP contribution in [0.5, 0.6) is 0 Å². The van der Waals surface area contributed by atoms with Gasteiger partial charge >= 0.3 is 0 Å². The summed E-state index contributed by atoms with van der Waals surface area (Å²) in [6.07, 6.45) is 0. The highest BCUT2D eigenvalue weighted by Gasteiger charge is 2.24. The normalized spacial score (nSPS) is 12.4. The molecule has 0 saturated heterocycles. The molecule has 10 rings (SSSR count). The lowest BCUT2D eigenvalue weighted by Gasteiger charge is -2.12. The lowest BCUT2D eigenvalue weighted by Crippen LogP contribution is -2.03. The summed E-state index contributed by atoms with van der Waals surface area (Å²) in [7, 11) is 0. The first-order valence-corrected chi connectivity index (χ1v) is 15.6. The van der Waals surface area contributed by atoms with Gasteiger partial charge in [-0.1, -0.05) is 121 Å². The minimum Gasteiger partial charge on any atom is -0.276 e. The van der Waals surface area contributed by atoms with Crippen LogP contribution in [0.3, 0.4) is 0 Å². The Morgan fingerprint density at radius 2 is 1.20 bits per heavy atom. The summed E-state index contributed by atoms with van der Waals surface area (Å²) in [4.78, 5) is 10.6. The van der Waals surface area contributed by atoms with Crippen molar-refractivity contribution in [2.24, 2.45) is 0 Å². The van der Waals surface area contributed by atoms with Crippen molar-refractivity contribution in [3.05, 3.63) is 140 Å². The Hall–Kier alpha value is -5.58. The van der Waals surface area contributed by atoms with Gasteiger partial charge in [0.15, 0.2) is 0 Å². The predicted molar refractivity (Wildman–Crippen MR) is 187 cm³/mol.